The first-order valence-corrected chi connectivity index (χ1v) is 9.15. The van der Waals surface area contributed by atoms with Gasteiger partial charge in [0.15, 0.2) is 0 Å². The minimum Gasteiger partial charge on any atom is -0.349 e. The molecule has 0 bridgehead atoms. The molecule has 1 N–H and O–H groups in total. The monoisotopic (exact) mass is 410 g/mol. The molecule has 3 rings (SSSR count). The smallest absolute Gasteiger partial charge is 0.349 e. The number of likely N-dealkylation sites (tertiary alicyclic amines) is 1. The SMILES string of the molecule is O=C(NC1CCN(C(=O)c2ccccc2C(F)(F)F)CC1)c1cccc(Cl)c1. The second-order valence-corrected chi connectivity index (χ2v) is 7.03. The molecule has 2 aromatic rings. The highest BCUT2D eigenvalue weighted by Crippen LogP contribution is 2.32. The second kappa shape index (κ2) is 8.22. The van der Waals surface area contributed by atoms with Crippen LogP contribution in [0.3, 0.4) is 0 Å². The number of alkyl halides is 3. The molecule has 1 saturated heterocycles. The zero-order chi connectivity index (χ0) is 20.3. The summed E-state index contributed by atoms with van der Waals surface area (Å²) in [6.45, 7) is 0.539. The van der Waals surface area contributed by atoms with Gasteiger partial charge in [-0.25, -0.2) is 0 Å². The molecular weight excluding hydrogens is 393 g/mol. The van der Waals surface area contributed by atoms with E-state index >= 15 is 0 Å². The molecule has 0 spiro atoms. The highest BCUT2D eigenvalue weighted by atomic mass is 35.5. The maximum absolute atomic E-state index is 13.1. The Morgan fingerprint density at radius 2 is 1.71 bits per heavy atom. The van der Waals surface area contributed by atoms with E-state index in [0.29, 0.717) is 23.4 Å². The summed E-state index contributed by atoms with van der Waals surface area (Å²) in [5, 5.41) is 3.34. The topological polar surface area (TPSA) is 49.4 Å². The van der Waals surface area contributed by atoms with Crippen molar-refractivity contribution >= 4 is 23.4 Å². The summed E-state index contributed by atoms with van der Waals surface area (Å²) in [6.07, 6.45) is -3.66. The van der Waals surface area contributed by atoms with Gasteiger partial charge in [0.05, 0.1) is 11.1 Å². The van der Waals surface area contributed by atoms with E-state index in [-0.39, 0.29) is 30.6 Å². The lowest BCUT2D eigenvalue weighted by atomic mass is 10.0. The summed E-state index contributed by atoms with van der Waals surface area (Å²) >= 11 is 5.88. The number of nitrogens with one attached hydrogen (secondary N) is 1. The fourth-order valence-corrected chi connectivity index (χ4v) is 3.40. The number of rotatable bonds is 3. The van der Waals surface area contributed by atoms with Crippen LogP contribution in [0.2, 0.25) is 5.02 Å². The van der Waals surface area contributed by atoms with E-state index in [9.17, 15) is 22.8 Å². The number of carbonyl (C=O) groups excluding carboxylic acids is 2. The molecule has 4 nitrogen and oxygen atoms in total. The highest BCUT2D eigenvalue weighted by molar-refractivity contribution is 6.30. The number of halogens is 4. The Morgan fingerprint density at radius 3 is 2.36 bits per heavy atom. The summed E-state index contributed by atoms with van der Waals surface area (Å²) in [5.41, 5.74) is -0.849. The van der Waals surface area contributed by atoms with E-state index in [1.54, 1.807) is 24.3 Å². The molecule has 1 fully saturated rings. The normalized spacial score (nSPS) is 15.4. The van der Waals surface area contributed by atoms with E-state index in [0.717, 1.165) is 6.07 Å². The molecule has 148 valence electrons. The van der Waals surface area contributed by atoms with Crippen LogP contribution in [0.5, 0.6) is 0 Å². The number of piperidine rings is 1. The van der Waals surface area contributed by atoms with Crippen molar-refractivity contribution in [2.45, 2.75) is 25.1 Å². The molecule has 2 aromatic carbocycles. The minimum absolute atomic E-state index is 0.159. The van der Waals surface area contributed by atoms with Crippen LogP contribution in [0, 0.1) is 0 Å². The largest absolute Gasteiger partial charge is 0.417 e. The van der Waals surface area contributed by atoms with Crippen molar-refractivity contribution < 1.29 is 22.8 Å². The van der Waals surface area contributed by atoms with Crippen LogP contribution < -0.4 is 5.32 Å². The Balaban J connectivity index is 1.61. The van der Waals surface area contributed by atoms with Gasteiger partial charge in [-0.1, -0.05) is 29.8 Å². The summed E-state index contributed by atoms with van der Waals surface area (Å²) < 4.78 is 39.4. The first kappa shape index (κ1) is 20.2. The Bertz CT molecular complexity index is 878. The molecule has 1 heterocycles. The van der Waals surface area contributed by atoms with Gasteiger partial charge in [0.25, 0.3) is 11.8 Å². The summed E-state index contributed by atoms with van der Waals surface area (Å²) in [7, 11) is 0. The number of benzene rings is 2. The average Bonchev–Trinajstić information content (AvgIpc) is 2.67. The van der Waals surface area contributed by atoms with Gasteiger partial charge in [-0.3, -0.25) is 9.59 Å². The Morgan fingerprint density at radius 1 is 1.04 bits per heavy atom. The van der Waals surface area contributed by atoms with E-state index in [1.807, 2.05) is 0 Å². The molecule has 8 heteroatoms. The van der Waals surface area contributed by atoms with Crippen LogP contribution in [0.25, 0.3) is 0 Å². The first-order valence-electron chi connectivity index (χ1n) is 8.77. The van der Waals surface area contributed by atoms with Crippen molar-refractivity contribution in [3.05, 3.63) is 70.2 Å². The second-order valence-electron chi connectivity index (χ2n) is 6.59. The Kier molecular flexibility index (Phi) is 5.93. The van der Waals surface area contributed by atoms with Crippen LogP contribution in [0.15, 0.2) is 48.5 Å². The molecule has 0 saturated carbocycles. The number of hydrogen-bond acceptors (Lipinski definition) is 2. The van der Waals surface area contributed by atoms with Crippen molar-refractivity contribution in [1.82, 2.24) is 10.2 Å². The van der Waals surface area contributed by atoms with E-state index in [2.05, 4.69) is 5.32 Å². The third-order valence-corrected chi connectivity index (χ3v) is 4.90. The number of hydrogen-bond donors (Lipinski definition) is 1. The molecule has 2 amide bonds. The lowest BCUT2D eigenvalue weighted by molar-refractivity contribution is -0.138. The molecule has 1 aliphatic heterocycles. The fraction of sp³-hybridized carbons (Fsp3) is 0.300. The molecule has 28 heavy (non-hydrogen) atoms. The molecule has 0 aromatic heterocycles. The highest BCUT2D eigenvalue weighted by Gasteiger charge is 2.36. The van der Waals surface area contributed by atoms with Gasteiger partial charge >= 0.3 is 6.18 Å². The minimum atomic E-state index is -4.59. The standard InChI is InChI=1S/C20H18ClF3N2O2/c21-14-5-3-4-13(12-14)18(27)25-15-8-10-26(11-9-15)19(28)16-6-1-2-7-17(16)20(22,23)24/h1-7,12,15H,8-11H2,(H,25,27). The summed E-state index contributed by atoms with van der Waals surface area (Å²) in [5.74, 6) is -0.915. The van der Waals surface area contributed by atoms with Gasteiger partial charge in [-0.05, 0) is 43.2 Å². The first-order chi connectivity index (χ1) is 13.3. The quantitative estimate of drug-likeness (QED) is 0.815. The lowest BCUT2D eigenvalue weighted by Gasteiger charge is -2.33. The van der Waals surface area contributed by atoms with Crippen LogP contribution in [0.4, 0.5) is 13.2 Å². The average molecular weight is 411 g/mol. The maximum atomic E-state index is 13.1. The third-order valence-electron chi connectivity index (χ3n) is 4.67. The number of nitrogens with zero attached hydrogens (tertiary/aromatic N) is 1. The van der Waals surface area contributed by atoms with Gasteiger partial charge in [0, 0.05) is 29.7 Å². The zero-order valence-corrected chi connectivity index (χ0v) is 15.6. The Hall–Kier alpha value is -2.54. The van der Waals surface area contributed by atoms with Crippen LogP contribution in [-0.2, 0) is 6.18 Å². The maximum Gasteiger partial charge on any atom is 0.417 e. The van der Waals surface area contributed by atoms with Gasteiger partial charge in [-0.2, -0.15) is 13.2 Å². The van der Waals surface area contributed by atoms with Crippen LogP contribution in [0.1, 0.15) is 39.1 Å². The van der Waals surface area contributed by atoms with Crippen molar-refractivity contribution in [2.24, 2.45) is 0 Å². The number of carbonyl (C=O) groups is 2. The van der Waals surface area contributed by atoms with Gasteiger partial charge in [-0.15, -0.1) is 0 Å². The molecule has 0 aliphatic carbocycles. The van der Waals surface area contributed by atoms with Crippen LogP contribution in [-0.4, -0.2) is 35.8 Å². The van der Waals surface area contributed by atoms with E-state index in [1.165, 1.54) is 23.1 Å². The van der Waals surface area contributed by atoms with Crippen molar-refractivity contribution in [2.75, 3.05) is 13.1 Å². The molecule has 0 radical (unpaired) electrons. The molecule has 1 aliphatic rings. The summed E-state index contributed by atoms with van der Waals surface area (Å²) in [6, 6.07) is 11.2. The molecular formula is C20H18ClF3N2O2. The lowest BCUT2D eigenvalue weighted by Crippen LogP contribution is -2.46. The van der Waals surface area contributed by atoms with Crippen LogP contribution >= 0.6 is 11.6 Å². The van der Waals surface area contributed by atoms with Crippen molar-refractivity contribution in [3.8, 4) is 0 Å². The summed E-state index contributed by atoms with van der Waals surface area (Å²) in [4.78, 5) is 26.3. The van der Waals surface area contributed by atoms with E-state index < -0.39 is 17.6 Å². The van der Waals surface area contributed by atoms with Gasteiger partial charge in [0.2, 0.25) is 0 Å². The predicted molar refractivity (Wildman–Crippen MR) is 99.3 cm³/mol. The van der Waals surface area contributed by atoms with Crippen molar-refractivity contribution in [1.29, 1.82) is 0 Å². The predicted octanol–water partition coefficient (Wildman–Crippen LogP) is 4.39. The third kappa shape index (κ3) is 4.65. The number of amides is 2. The Labute approximate surface area is 165 Å². The fourth-order valence-electron chi connectivity index (χ4n) is 3.21. The van der Waals surface area contributed by atoms with Crippen molar-refractivity contribution in [3.63, 3.8) is 0 Å². The molecule has 0 atom stereocenters. The zero-order valence-electron chi connectivity index (χ0n) is 14.8. The van der Waals surface area contributed by atoms with Gasteiger partial charge < -0.3 is 10.2 Å². The van der Waals surface area contributed by atoms with Gasteiger partial charge in [0.1, 0.15) is 0 Å². The van der Waals surface area contributed by atoms with E-state index in [4.69, 9.17) is 11.6 Å². The molecule has 0 unspecified atom stereocenters.